The molecule has 1 amide bonds. The average Bonchev–Trinajstić information content (AvgIpc) is 3.01. The summed E-state index contributed by atoms with van der Waals surface area (Å²) in [6.07, 6.45) is 0.962. The SMILES string of the molecule is CC(C)[C@H]1CC1C(=O)N[C@H](C(=O)C(C)(C)C)C(C)(C)C. The van der Waals surface area contributed by atoms with Gasteiger partial charge in [0.1, 0.15) is 0 Å². The van der Waals surface area contributed by atoms with Gasteiger partial charge in [-0.2, -0.15) is 0 Å². The summed E-state index contributed by atoms with van der Waals surface area (Å²) < 4.78 is 0. The normalized spacial score (nSPS) is 24.4. The molecule has 1 rings (SSSR count). The lowest BCUT2D eigenvalue weighted by Gasteiger charge is -2.34. The van der Waals surface area contributed by atoms with Gasteiger partial charge in [0.05, 0.1) is 6.04 Å². The summed E-state index contributed by atoms with van der Waals surface area (Å²) in [5.74, 6) is 1.30. The molecule has 1 aliphatic rings. The van der Waals surface area contributed by atoms with Crippen LogP contribution < -0.4 is 5.32 Å². The average molecular weight is 281 g/mol. The number of carbonyl (C=O) groups excluding carboxylic acids is 2. The first kappa shape index (κ1) is 17.2. The van der Waals surface area contributed by atoms with Crippen LogP contribution in [0.4, 0.5) is 0 Å². The van der Waals surface area contributed by atoms with Crippen molar-refractivity contribution in [2.24, 2.45) is 28.6 Å². The predicted molar refractivity (Wildman–Crippen MR) is 82.3 cm³/mol. The molecule has 3 nitrogen and oxygen atoms in total. The quantitative estimate of drug-likeness (QED) is 0.858. The molecule has 0 aromatic carbocycles. The molecule has 1 aliphatic carbocycles. The summed E-state index contributed by atoms with van der Waals surface area (Å²) in [6.45, 7) is 16.1. The molecule has 0 spiro atoms. The Morgan fingerprint density at radius 3 is 1.85 bits per heavy atom. The second-order valence-corrected chi connectivity index (χ2v) is 8.67. The Morgan fingerprint density at radius 2 is 1.55 bits per heavy atom. The smallest absolute Gasteiger partial charge is 0.224 e. The number of nitrogens with one attached hydrogen (secondary N) is 1. The molecule has 116 valence electrons. The van der Waals surface area contributed by atoms with E-state index in [-0.39, 0.29) is 23.0 Å². The van der Waals surface area contributed by atoms with Crippen molar-refractivity contribution in [3.63, 3.8) is 0 Å². The van der Waals surface area contributed by atoms with Crippen molar-refractivity contribution < 1.29 is 9.59 Å². The van der Waals surface area contributed by atoms with Crippen molar-refractivity contribution >= 4 is 11.7 Å². The number of carbonyl (C=O) groups is 2. The van der Waals surface area contributed by atoms with E-state index in [1.807, 2.05) is 41.5 Å². The standard InChI is InChI=1S/C17H31NO2/c1-10(2)11-9-12(11)15(20)18-13(16(3,4)5)14(19)17(6,7)8/h10-13H,9H2,1-8H3,(H,18,20)/t11-,12?,13-/m1/s1. The molecule has 1 fully saturated rings. The van der Waals surface area contributed by atoms with Crippen LogP contribution in [0.3, 0.4) is 0 Å². The second-order valence-electron chi connectivity index (χ2n) is 8.67. The fourth-order valence-electron chi connectivity index (χ4n) is 2.61. The van der Waals surface area contributed by atoms with Crippen LogP contribution in [0, 0.1) is 28.6 Å². The summed E-state index contributed by atoms with van der Waals surface area (Å²) in [5.41, 5.74) is -0.700. The van der Waals surface area contributed by atoms with E-state index in [1.165, 1.54) is 0 Å². The maximum absolute atomic E-state index is 12.6. The van der Waals surface area contributed by atoms with Gasteiger partial charge in [0, 0.05) is 11.3 Å². The summed E-state index contributed by atoms with van der Waals surface area (Å²) >= 11 is 0. The Morgan fingerprint density at radius 1 is 1.05 bits per heavy atom. The molecule has 0 bridgehead atoms. The molecule has 1 unspecified atom stereocenters. The molecule has 0 aliphatic heterocycles. The molecule has 0 aromatic heterocycles. The highest BCUT2D eigenvalue weighted by atomic mass is 16.2. The Bertz CT molecular complexity index is 385. The zero-order chi connectivity index (χ0) is 15.9. The Balaban J connectivity index is 2.78. The third-order valence-electron chi connectivity index (χ3n) is 4.19. The van der Waals surface area contributed by atoms with Gasteiger partial charge in [-0.25, -0.2) is 0 Å². The molecule has 0 aromatic rings. The van der Waals surface area contributed by atoms with Crippen LogP contribution in [0.25, 0.3) is 0 Å². The third kappa shape index (κ3) is 4.07. The van der Waals surface area contributed by atoms with E-state index < -0.39 is 11.5 Å². The van der Waals surface area contributed by atoms with E-state index in [0.717, 1.165) is 6.42 Å². The highest BCUT2D eigenvalue weighted by Gasteiger charge is 2.47. The summed E-state index contributed by atoms with van der Waals surface area (Å²) in [6, 6.07) is -0.414. The zero-order valence-electron chi connectivity index (χ0n) is 14.3. The highest BCUT2D eigenvalue weighted by molar-refractivity contribution is 5.94. The minimum atomic E-state index is -0.438. The van der Waals surface area contributed by atoms with Crippen molar-refractivity contribution in [3.8, 4) is 0 Å². The van der Waals surface area contributed by atoms with E-state index in [4.69, 9.17) is 0 Å². The lowest BCUT2D eigenvalue weighted by atomic mass is 9.75. The van der Waals surface area contributed by atoms with Gasteiger partial charge < -0.3 is 5.32 Å². The lowest BCUT2D eigenvalue weighted by Crippen LogP contribution is -2.53. The molecule has 3 atom stereocenters. The van der Waals surface area contributed by atoms with Crippen LogP contribution in [-0.2, 0) is 9.59 Å². The van der Waals surface area contributed by atoms with Crippen molar-refractivity contribution in [3.05, 3.63) is 0 Å². The van der Waals surface area contributed by atoms with Gasteiger partial charge in [-0.15, -0.1) is 0 Å². The van der Waals surface area contributed by atoms with Crippen molar-refractivity contribution in [1.82, 2.24) is 5.32 Å². The van der Waals surface area contributed by atoms with Gasteiger partial charge in [0.25, 0.3) is 0 Å². The first-order valence-electron chi connectivity index (χ1n) is 7.70. The maximum atomic E-state index is 12.6. The topological polar surface area (TPSA) is 46.2 Å². The molecule has 0 radical (unpaired) electrons. The number of rotatable bonds is 4. The molecule has 1 N–H and O–H groups in total. The minimum absolute atomic E-state index is 0.0567. The van der Waals surface area contributed by atoms with Gasteiger partial charge in [0.15, 0.2) is 5.78 Å². The first-order valence-corrected chi connectivity index (χ1v) is 7.70. The van der Waals surface area contributed by atoms with Crippen LogP contribution in [-0.4, -0.2) is 17.7 Å². The van der Waals surface area contributed by atoms with Crippen LogP contribution in [0.2, 0.25) is 0 Å². The molecule has 1 saturated carbocycles. The van der Waals surface area contributed by atoms with Crippen LogP contribution in [0.5, 0.6) is 0 Å². The van der Waals surface area contributed by atoms with Crippen LogP contribution in [0.15, 0.2) is 0 Å². The number of Topliss-reactive ketones (excluding diaryl/α,β-unsaturated/α-hetero) is 1. The molecular formula is C17H31NO2. The summed E-state index contributed by atoms with van der Waals surface area (Å²) in [5, 5.41) is 3.02. The van der Waals surface area contributed by atoms with Gasteiger partial charge in [-0.05, 0) is 23.7 Å². The molecule has 3 heteroatoms. The summed E-state index contributed by atoms with van der Waals surface area (Å²) in [7, 11) is 0. The number of ketones is 1. The lowest BCUT2D eigenvalue weighted by molar-refractivity contribution is -0.135. The fraction of sp³-hybridized carbons (Fsp3) is 0.882. The van der Waals surface area contributed by atoms with E-state index in [1.54, 1.807) is 0 Å². The van der Waals surface area contributed by atoms with E-state index in [2.05, 4.69) is 19.2 Å². The van der Waals surface area contributed by atoms with Crippen molar-refractivity contribution in [2.45, 2.75) is 67.9 Å². The molecule has 20 heavy (non-hydrogen) atoms. The number of hydrogen-bond acceptors (Lipinski definition) is 2. The highest BCUT2D eigenvalue weighted by Crippen LogP contribution is 2.44. The Labute approximate surface area is 123 Å². The summed E-state index contributed by atoms with van der Waals surface area (Å²) in [4.78, 5) is 24.9. The van der Waals surface area contributed by atoms with Crippen LogP contribution >= 0.6 is 0 Å². The minimum Gasteiger partial charge on any atom is -0.345 e. The largest absolute Gasteiger partial charge is 0.345 e. The Hall–Kier alpha value is -0.860. The van der Waals surface area contributed by atoms with E-state index in [9.17, 15) is 9.59 Å². The van der Waals surface area contributed by atoms with E-state index in [0.29, 0.717) is 11.8 Å². The Kier molecular flexibility index (Phi) is 4.72. The van der Waals surface area contributed by atoms with E-state index >= 15 is 0 Å². The van der Waals surface area contributed by atoms with Crippen LogP contribution in [0.1, 0.15) is 61.8 Å². The number of amides is 1. The third-order valence-corrected chi connectivity index (χ3v) is 4.19. The predicted octanol–water partition coefficient (Wildman–Crippen LogP) is 3.42. The van der Waals surface area contributed by atoms with Gasteiger partial charge >= 0.3 is 0 Å². The van der Waals surface area contributed by atoms with Gasteiger partial charge in [0.2, 0.25) is 5.91 Å². The van der Waals surface area contributed by atoms with Crippen molar-refractivity contribution in [2.75, 3.05) is 0 Å². The molecule has 0 saturated heterocycles. The molecular weight excluding hydrogens is 250 g/mol. The zero-order valence-corrected chi connectivity index (χ0v) is 14.3. The van der Waals surface area contributed by atoms with Crippen molar-refractivity contribution in [1.29, 1.82) is 0 Å². The molecule has 0 heterocycles. The fourth-order valence-corrected chi connectivity index (χ4v) is 2.61. The van der Waals surface area contributed by atoms with Gasteiger partial charge in [-0.1, -0.05) is 55.4 Å². The van der Waals surface area contributed by atoms with Gasteiger partial charge in [-0.3, -0.25) is 9.59 Å². The monoisotopic (exact) mass is 281 g/mol. The first-order chi connectivity index (χ1) is 8.85. The maximum Gasteiger partial charge on any atom is 0.224 e. The number of hydrogen-bond donors (Lipinski definition) is 1. The second kappa shape index (κ2) is 5.50.